The van der Waals surface area contributed by atoms with E-state index in [4.69, 9.17) is 9.47 Å². The van der Waals surface area contributed by atoms with Crippen molar-refractivity contribution in [1.82, 2.24) is 0 Å². The normalized spacial score (nSPS) is 14.7. The number of ether oxygens (including phenoxy) is 2. The molecule has 2 aromatic rings. The van der Waals surface area contributed by atoms with Crippen LogP contribution < -0.4 is 9.47 Å². The highest BCUT2D eigenvalue weighted by Crippen LogP contribution is 2.37. The molecule has 3 rings (SSSR count). The van der Waals surface area contributed by atoms with Crippen molar-refractivity contribution in [2.75, 3.05) is 0 Å². The number of rotatable bonds is 5. The number of hydrogen-bond donors (Lipinski definition) is 0. The van der Waals surface area contributed by atoms with Gasteiger partial charge in [0.05, 0.1) is 17.1 Å². The molecule has 1 saturated carbocycles. The molecule has 0 N–H and O–H groups in total. The molecule has 5 heteroatoms. The molecule has 0 aliphatic heterocycles. The Morgan fingerprint density at radius 3 is 2.41 bits per heavy atom. The lowest BCUT2D eigenvalue weighted by atomic mass is 10.2. The van der Waals surface area contributed by atoms with Gasteiger partial charge >= 0.3 is 0 Å². The first-order valence-electron chi connectivity index (χ1n) is 7.40. The van der Waals surface area contributed by atoms with Crippen LogP contribution in [0.4, 0.5) is 5.69 Å². The average Bonchev–Trinajstić information content (AvgIpc) is 3.03. The fourth-order valence-corrected chi connectivity index (χ4v) is 2.59. The number of nitrogens with zero attached hydrogens (tertiary/aromatic N) is 1. The van der Waals surface area contributed by atoms with Gasteiger partial charge in [0.1, 0.15) is 5.75 Å². The second-order valence-corrected chi connectivity index (χ2v) is 5.33. The van der Waals surface area contributed by atoms with Gasteiger partial charge in [-0.15, -0.1) is 0 Å². The van der Waals surface area contributed by atoms with Gasteiger partial charge in [-0.1, -0.05) is 18.2 Å². The Hall–Kier alpha value is -2.56. The largest absolute Gasteiger partial charge is 0.486 e. The van der Waals surface area contributed by atoms with E-state index in [1.165, 1.54) is 12.1 Å². The van der Waals surface area contributed by atoms with Gasteiger partial charge in [0.15, 0.2) is 11.5 Å². The first-order valence-corrected chi connectivity index (χ1v) is 7.40. The van der Waals surface area contributed by atoms with Crippen molar-refractivity contribution in [1.29, 1.82) is 0 Å². The molecule has 0 amide bonds. The van der Waals surface area contributed by atoms with Crippen LogP contribution in [0.3, 0.4) is 0 Å². The molecule has 0 radical (unpaired) electrons. The molecule has 0 unspecified atom stereocenters. The molecule has 1 aliphatic rings. The molecule has 0 saturated heterocycles. The summed E-state index contributed by atoms with van der Waals surface area (Å²) in [6.45, 7) is 0. The zero-order chi connectivity index (χ0) is 15.4. The minimum Gasteiger partial charge on any atom is -0.486 e. The molecule has 0 heterocycles. The van der Waals surface area contributed by atoms with Crippen molar-refractivity contribution in [2.45, 2.75) is 31.8 Å². The Balaban J connectivity index is 1.87. The minimum atomic E-state index is -0.423. The van der Waals surface area contributed by atoms with Crippen LogP contribution in [0.25, 0.3) is 0 Å². The molecule has 1 aliphatic carbocycles. The predicted molar refractivity (Wildman–Crippen MR) is 82.5 cm³/mol. The van der Waals surface area contributed by atoms with E-state index in [1.807, 2.05) is 30.3 Å². The van der Waals surface area contributed by atoms with E-state index in [0.29, 0.717) is 17.2 Å². The van der Waals surface area contributed by atoms with Crippen LogP contribution in [-0.2, 0) is 0 Å². The molecule has 22 heavy (non-hydrogen) atoms. The zero-order valence-electron chi connectivity index (χ0n) is 12.1. The number of benzene rings is 2. The van der Waals surface area contributed by atoms with Crippen LogP contribution in [-0.4, -0.2) is 11.0 Å². The smallest absolute Gasteiger partial charge is 0.273 e. The Morgan fingerprint density at radius 1 is 1.00 bits per heavy atom. The summed E-state index contributed by atoms with van der Waals surface area (Å²) in [6, 6.07) is 13.8. The van der Waals surface area contributed by atoms with E-state index in [-0.39, 0.29) is 11.8 Å². The third-order valence-electron chi connectivity index (χ3n) is 3.70. The molecule has 0 atom stereocenters. The van der Waals surface area contributed by atoms with Crippen LogP contribution >= 0.6 is 0 Å². The van der Waals surface area contributed by atoms with Crippen LogP contribution in [0.1, 0.15) is 25.7 Å². The first-order chi connectivity index (χ1) is 10.7. The Bertz CT molecular complexity index is 651. The van der Waals surface area contributed by atoms with Crippen molar-refractivity contribution in [2.24, 2.45) is 0 Å². The van der Waals surface area contributed by atoms with E-state index in [1.54, 1.807) is 6.07 Å². The number of nitro benzene ring substituents is 1. The fraction of sp³-hybridized carbons (Fsp3) is 0.294. The molecule has 1 fully saturated rings. The molecule has 114 valence electrons. The maximum atomic E-state index is 11.0. The van der Waals surface area contributed by atoms with Crippen LogP contribution in [0.5, 0.6) is 17.2 Å². The van der Waals surface area contributed by atoms with E-state index < -0.39 is 4.92 Å². The van der Waals surface area contributed by atoms with Gasteiger partial charge in [-0.2, -0.15) is 0 Å². The van der Waals surface area contributed by atoms with Crippen molar-refractivity contribution in [3.63, 3.8) is 0 Å². The van der Waals surface area contributed by atoms with E-state index in [2.05, 4.69) is 0 Å². The van der Waals surface area contributed by atoms with E-state index >= 15 is 0 Å². The maximum absolute atomic E-state index is 11.0. The molecular weight excluding hydrogens is 282 g/mol. The monoisotopic (exact) mass is 299 g/mol. The first kappa shape index (κ1) is 14.4. The second kappa shape index (κ2) is 6.47. The summed E-state index contributed by atoms with van der Waals surface area (Å²) in [5.74, 6) is 1.61. The minimum absolute atomic E-state index is 0.00779. The number of nitro groups is 1. The summed E-state index contributed by atoms with van der Waals surface area (Å²) in [7, 11) is 0. The van der Waals surface area contributed by atoms with Gasteiger partial charge in [-0.05, 0) is 43.9 Å². The van der Waals surface area contributed by atoms with Gasteiger partial charge in [-0.3, -0.25) is 10.1 Å². The standard InChI is InChI=1S/C17H17NO4/c19-18(20)13-10-11-16(21-14-6-2-1-3-7-14)17(12-13)22-15-8-4-5-9-15/h1-3,6-7,10-12,15H,4-5,8-9H2. The molecule has 0 aromatic heterocycles. The Labute approximate surface area is 128 Å². The SMILES string of the molecule is O=[N+]([O-])c1ccc(Oc2ccccc2)c(OC2CCCC2)c1. The van der Waals surface area contributed by atoms with Crippen molar-refractivity contribution >= 4 is 5.69 Å². The van der Waals surface area contributed by atoms with Gasteiger partial charge in [-0.25, -0.2) is 0 Å². The third kappa shape index (κ3) is 3.36. The van der Waals surface area contributed by atoms with Gasteiger partial charge in [0.2, 0.25) is 0 Å². The fourth-order valence-electron chi connectivity index (χ4n) is 2.59. The lowest BCUT2D eigenvalue weighted by molar-refractivity contribution is -0.385. The summed E-state index contributed by atoms with van der Waals surface area (Å²) < 4.78 is 11.7. The Kier molecular flexibility index (Phi) is 4.23. The van der Waals surface area contributed by atoms with Crippen molar-refractivity contribution < 1.29 is 14.4 Å². The molecular formula is C17H17NO4. The van der Waals surface area contributed by atoms with Gasteiger partial charge < -0.3 is 9.47 Å². The number of non-ortho nitro benzene ring substituents is 1. The molecule has 5 nitrogen and oxygen atoms in total. The number of para-hydroxylation sites is 1. The lowest BCUT2D eigenvalue weighted by Crippen LogP contribution is -2.11. The quantitative estimate of drug-likeness (QED) is 0.592. The van der Waals surface area contributed by atoms with Crippen LogP contribution in [0.2, 0.25) is 0 Å². The average molecular weight is 299 g/mol. The highest BCUT2D eigenvalue weighted by molar-refractivity contribution is 5.50. The van der Waals surface area contributed by atoms with E-state index in [9.17, 15) is 10.1 Å². The molecule has 2 aromatic carbocycles. The summed E-state index contributed by atoms with van der Waals surface area (Å²) in [4.78, 5) is 10.5. The highest BCUT2D eigenvalue weighted by Gasteiger charge is 2.21. The highest BCUT2D eigenvalue weighted by atomic mass is 16.6. The topological polar surface area (TPSA) is 61.6 Å². The lowest BCUT2D eigenvalue weighted by Gasteiger charge is -2.16. The van der Waals surface area contributed by atoms with Crippen LogP contribution in [0, 0.1) is 10.1 Å². The predicted octanol–water partition coefficient (Wildman–Crippen LogP) is 4.71. The van der Waals surface area contributed by atoms with Gasteiger partial charge in [0, 0.05) is 6.07 Å². The van der Waals surface area contributed by atoms with E-state index in [0.717, 1.165) is 25.7 Å². The van der Waals surface area contributed by atoms with Crippen molar-refractivity contribution in [3.05, 3.63) is 58.6 Å². The summed E-state index contributed by atoms with van der Waals surface area (Å²) in [6.07, 6.45) is 4.34. The Morgan fingerprint density at radius 2 is 1.73 bits per heavy atom. The van der Waals surface area contributed by atoms with Crippen LogP contribution in [0.15, 0.2) is 48.5 Å². The van der Waals surface area contributed by atoms with Gasteiger partial charge in [0.25, 0.3) is 5.69 Å². The summed E-state index contributed by atoms with van der Waals surface area (Å²) in [5.41, 5.74) is 0.00779. The number of hydrogen-bond acceptors (Lipinski definition) is 4. The maximum Gasteiger partial charge on any atom is 0.273 e. The molecule has 0 spiro atoms. The second-order valence-electron chi connectivity index (χ2n) is 5.33. The summed E-state index contributed by atoms with van der Waals surface area (Å²) in [5, 5.41) is 11.0. The third-order valence-corrected chi connectivity index (χ3v) is 3.70. The zero-order valence-corrected chi connectivity index (χ0v) is 12.1. The summed E-state index contributed by atoms with van der Waals surface area (Å²) >= 11 is 0. The molecule has 0 bridgehead atoms. The van der Waals surface area contributed by atoms with Crippen molar-refractivity contribution in [3.8, 4) is 17.2 Å².